The van der Waals surface area contributed by atoms with Gasteiger partial charge < -0.3 is 4.90 Å². The highest BCUT2D eigenvalue weighted by Gasteiger charge is 2.20. The molecule has 1 N–H and O–H groups in total. The number of fused-ring (bicyclic) bond motifs is 1. The summed E-state index contributed by atoms with van der Waals surface area (Å²) in [7, 11) is 4.17. The van der Waals surface area contributed by atoms with Crippen molar-refractivity contribution < 1.29 is 0 Å². The molecule has 5 rings (SSSR count). The van der Waals surface area contributed by atoms with Crippen molar-refractivity contribution in [2.45, 2.75) is 12.1 Å². The Balaban J connectivity index is 1.87. The van der Waals surface area contributed by atoms with Crippen molar-refractivity contribution >= 4 is 47.2 Å². The molecule has 5 aromatic rings. The molecule has 1 unspecified atom stereocenters. The molecule has 39 heavy (non-hydrogen) atoms. The number of hydrogen-bond acceptors (Lipinski definition) is 6. The predicted molar refractivity (Wildman–Crippen MR) is 166 cm³/mol. The van der Waals surface area contributed by atoms with Crippen LogP contribution in [0, 0.1) is 20.7 Å². The number of hydrogen-bond donors (Lipinski definition) is 1. The minimum absolute atomic E-state index is 0.281. The van der Waals surface area contributed by atoms with Crippen LogP contribution >= 0.6 is 36.2 Å². The standard InChI is InChI=1S/C30H30N6S3/c1-21(19-33(2)3)20-39-29-32-27-25(26(31)34(29)22-13-7-4-8-14-22)28(37)36(24-17-11-6-12-18-24)30(38)35(27)23-15-9-5-10-16-23/h4-18,21,31H,19-20H2,1-3H3. The minimum Gasteiger partial charge on any atom is -0.309 e. The highest BCUT2D eigenvalue weighted by atomic mass is 32.2. The maximum absolute atomic E-state index is 9.52. The van der Waals surface area contributed by atoms with Gasteiger partial charge in [0.05, 0.1) is 5.39 Å². The van der Waals surface area contributed by atoms with Crippen molar-refractivity contribution in [3.8, 4) is 17.1 Å². The van der Waals surface area contributed by atoms with Crippen molar-refractivity contribution in [1.82, 2.24) is 23.6 Å². The van der Waals surface area contributed by atoms with Gasteiger partial charge in [-0.2, -0.15) is 0 Å². The van der Waals surface area contributed by atoms with Crippen LogP contribution in [-0.4, -0.2) is 50.0 Å². The van der Waals surface area contributed by atoms with E-state index >= 15 is 0 Å². The Hall–Kier alpha value is -3.37. The van der Waals surface area contributed by atoms with E-state index in [4.69, 9.17) is 29.4 Å². The van der Waals surface area contributed by atoms with Crippen molar-refractivity contribution in [3.05, 3.63) is 106 Å². The van der Waals surface area contributed by atoms with E-state index in [1.165, 1.54) is 0 Å². The second-order valence-electron chi connectivity index (χ2n) is 9.72. The van der Waals surface area contributed by atoms with Gasteiger partial charge in [-0.3, -0.25) is 19.1 Å². The maximum atomic E-state index is 9.52. The predicted octanol–water partition coefficient (Wildman–Crippen LogP) is 6.84. The topological polar surface area (TPSA) is 54.8 Å². The number of benzene rings is 3. The van der Waals surface area contributed by atoms with Crippen LogP contribution in [0.1, 0.15) is 6.92 Å². The summed E-state index contributed by atoms with van der Waals surface area (Å²) in [5, 5.41) is 10.8. The van der Waals surface area contributed by atoms with Crippen molar-refractivity contribution in [3.63, 3.8) is 0 Å². The summed E-state index contributed by atoms with van der Waals surface area (Å²) in [5.74, 6) is 1.29. The number of rotatable bonds is 8. The fourth-order valence-corrected chi connectivity index (χ4v) is 6.52. The molecule has 6 nitrogen and oxygen atoms in total. The first-order valence-corrected chi connectivity index (χ1v) is 14.5. The smallest absolute Gasteiger partial charge is 0.191 e. The summed E-state index contributed by atoms with van der Waals surface area (Å²) in [6, 6.07) is 29.7. The largest absolute Gasteiger partial charge is 0.309 e. The van der Waals surface area contributed by atoms with Gasteiger partial charge in [0, 0.05) is 29.4 Å². The van der Waals surface area contributed by atoms with Gasteiger partial charge in [0.25, 0.3) is 0 Å². The summed E-state index contributed by atoms with van der Waals surface area (Å²) in [6.45, 7) is 3.20. The fourth-order valence-electron chi connectivity index (χ4n) is 4.68. The molecule has 2 heterocycles. The highest BCUT2D eigenvalue weighted by molar-refractivity contribution is 7.99. The quantitative estimate of drug-likeness (QED) is 0.126. The van der Waals surface area contributed by atoms with E-state index in [0.29, 0.717) is 26.4 Å². The molecule has 0 aliphatic heterocycles. The van der Waals surface area contributed by atoms with Crippen molar-refractivity contribution in [1.29, 1.82) is 5.41 Å². The van der Waals surface area contributed by atoms with E-state index in [1.807, 2.05) is 105 Å². The zero-order chi connectivity index (χ0) is 27.5. The molecule has 2 aromatic heterocycles. The zero-order valence-electron chi connectivity index (χ0n) is 22.1. The lowest BCUT2D eigenvalue weighted by atomic mass is 10.2. The van der Waals surface area contributed by atoms with Crippen LogP contribution in [-0.2, 0) is 0 Å². The van der Waals surface area contributed by atoms with Crippen LogP contribution in [0.15, 0.2) is 96.2 Å². The van der Waals surface area contributed by atoms with Crippen molar-refractivity contribution in [2.75, 3.05) is 26.4 Å². The molecule has 0 spiro atoms. The molecule has 0 aliphatic rings. The molecular weight excluding hydrogens is 541 g/mol. The normalized spacial score (nSPS) is 12.2. The molecular formula is C30H30N6S3. The Morgan fingerprint density at radius 1 is 0.795 bits per heavy atom. The SMILES string of the molecule is CC(CSc1nc2c(c(=N)n1-c1ccccc1)c(=S)n(-c1ccccc1)c(=S)n2-c1ccccc1)CN(C)C. The van der Waals surface area contributed by atoms with E-state index in [9.17, 15) is 5.41 Å². The van der Waals surface area contributed by atoms with Gasteiger partial charge in [-0.15, -0.1) is 0 Å². The zero-order valence-corrected chi connectivity index (χ0v) is 24.6. The monoisotopic (exact) mass is 570 g/mol. The van der Waals surface area contributed by atoms with Gasteiger partial charge >= 0.3 is 0 Å². The van der Waals surface area contributed by atoms with Crippen LogP contribution in [0.4, 0.5) is 0 Å². The molecule has 9 heteroatoms. The number of thioether (sulfide) groups is 1. The molecule has 1 atom stereocenters. The van der Waals surface area contributed by atoms with Crippen LogP contribution in [0.2, 0.25) is 0 Å². The highest BCUT2D eigenvalue weighted by Crippen LogP contribution is 2.27. The van der Waals surface area contributed by atoms with E-state index in [1.54, 1.807) is 11.8 Å². The Kier molecular flexibility index (Phi) is 8.23. The Morgan fingerprint density at radius 3 is 1.79 bits per heavy atom. The van der Waals surface area contributed by atoms with Gasteiger partial charge in [0.2, 0.25) is 0 Å². The minimum atomic E-state index is 0.281. The van der Waals surface area contributed by atoms with Crippen LogP contribution in [0.3, 0.4) is 0 Å². The Labute approximate surface area is 242 Å². The number of para-hydroxylation sites is 3. The lowest BCUT2D eigenvalue weighted by Crippen LogP contribution is -2.26. The van der Waals surface area contributed by atoms with Crippen LogP contribution in [0.5, 0.6) is 0 Å². The molecule has 0 radical (unpaired) electrons. The summed E-state index contributed by atoms with van der Waals surface area (Å²) in [5.41, 5.74) is 3.45. The third kappa shape index (κ3) is 5.53. The average Bonchev–Trinajstić information content (AvgIpc) is 2.93. The summed E-state index contributed by atoms with van der Waals surface area (Å²) in [4.78, 5) is 7.40. The Morgan fingerprint density at radius 2 is 1.28 bits per heavy atom. The molecule has 0 bridgehead atoms. The first-order chi connectivity index (χ1) is 18.9. The first-order valence-electron chi connectivity index (χ1n) is 12.7. The second-order valence-corrected chi connectivity index (χ2v) is 11.5. The van der Waals surface area contributed by atoms with Crippen LogP contribution in [0.25, 0.3) is 28.1 Å². The van der Waals surface area contributed by atoms with Gasteiger partial charge in [-0.05, 0) is 68.6 Å². The Bertz CT molecular complexity index is 1780. The van der Waals surface area contributed by atoms with Gasteiger partial charge in [0.15, 0.2) is 15.6 Å². The van der Waals surface area contributed by atoms with Gasteiger partial charge in [0.1, 0.15) is 10.1 Å². The molecule has 0 amide bonds. The summed E-state index contributed by atoms with van der Waals surface area (Å²) in [6.07, 6.45) is 0. The van der Waals surface area contributed by atoms with E-state index in [0.717, 1.165) is 34.5 Å². The molecule has 3 aromatic carbocycles. The third-order valence-corrected chi connectivity index (χ3v) is 8.32. The number of nitrogens with one attached hydrogen (secondary N) is 1. The van der Waals surface area contributed by atoms with Crippen molar-refractivity contribution in [2.24, 2.45) is 5.92 Å². The van der Waals surface area contributed by atoms with E-state index in [2.05, 4.69) is 25.9 Å². The lowest BCUT2D eigenvalue weighted by Gasteiger charge is -2.21. The van der Waals surface area contributed by atoms with Gasteiger partial charge in [-0.25, -0.2) is 4.98 Å². The molecule has 0 saturated carbocycles. The molecule has 0 saturated heterocycles. The van der Waals surface area contributed by atoms with Crippen LogP contribution < -0.4 is 5.49 Å². The lowest BCUT2D eigenvalue weighted by molar-refractivity contribution is 0.356. The van der Waals surface area contributed by atoms with E-state index < -0.39 is 0 Å². The fraction of sp³-hybridized carbons (Fsp3) is 0.200. The molecule has 0 fully saturated rings. The maximum Gasteiger partial charge on any atom is 0.191 e. The molecule has 0 aliphatic carbocycles. The summed E-state index contributed by atoms with van der Waals surface area (Å²) >= 11 is 13.8. The number of nitrogens with zero attached hydrogens (tertiary/aromatic N) is 5. The molecule has 198 valence electrons. The third-order valence-electron chi connectivity index (χ3n) is 6.31. The van der Waals surface area contributed by atoms with E-state index in [-0.39, 0.29) is 5.49 Å². The van der Waals surface area contributed by atoms with Gasteiger partial charge in [-0.1, -0.05) is 85.5 Å². The summed E-state index contributed by atoms with van der Waals surface area (Å²) < 4.78 is 6.67. The number of aromatic nitrogens is 4. The first kappa shape index (κ1) is 27.2. The average molecular weight is 571 g/mol. The second kappa shape index (κ2) is 11.8.